The van der Waals surface area contributed by atoms with Gasteiger partial charge in [0.25, 0.3) is 0 Å². The molecule has 0 spiro atoms. The van der Waals surface area contributed by atoms with Crippen LogP contribution in [0, 0.1) is 0 Å². The topological polar surface area (TPSA) is 29.5 Å². The Morgan fingerprint density at radius 3 is 2.50 bits per heavy atom. The maximum Gasteiger partial charge on any atom is 0.115 e. The van der Waals surface area contributed by atoms with E-state index in [2.05, 4.69) is 11.0 Å². The second kappa shape index (κ2) is 3.78. The van der Waals surface area contributed by atoms with Crippen molar-refractivity contribution in [2.75, 3.05) is 0 Å². The lowest BCUT2D eigenvalue weighted by atomic mass is 10.0. The number of fused-ring (bicyclic) bond motifs is 1. The molecule has 2 nitrogen and oxygen atoms in total. The van der Waals surface area contributed by atoms with Crippen molar-refractivity contribution in [1.82, 2.24) is 0 Å². The third-order valence-corrected chi connectivity index (χ3v) is 2.40. The first kappa shape index (κ1) is 9.19. The molecule has 0 aliphatic carbocycles. The van der Waals surface area contributed by atoms with Crippen LogP contribution in [0.15, 0.2) is 42.5 Å². The molecular weight excluding hydrogens is 176 g/mol. The van der Waals surface area contributed by atoms with Crippen LogP contribution >= 0.6 is 0 Å². The Morgan fingerprint density at radius 1 is 1.07 bits per heavy atom. The number of hydrogen-bond donors (Lipinski definition) is 1. The normalized spacial score (nSPS) is 13.0. The van der Waals surface area contributed by atoms with Crippen molar-refractivity contribution in [1.29, 1.82) is 0 Å². The molecule has 0 saturated heterocycles. The van der Waals surface area contributed by atoms with E-state index >= 15 is 0 Å². The fraction of sp³-hybridized carbons (Fsp3) is 0.167. The van der Waals surface area contributed by atoms with E-state index in [1.807, 2.05) is 43.3 Å². The van der Waals surface area contributed by atoms with E-state index in [4.69, 9.17) is 5.26 Å². The average Bonchev–Trinajstić information content (AvgIpc) is 2.27. The lowest BCUT2D eigenvalue weighted by molar-refractivity contribution is -0.277. The number of benzene rings is 2. The van der Waals surface area contributed by atoms with Gasteiger partial charge in [-0.05, 0) is 29.3 Å². The van der Waals surface area contributed by atoms with Crippen molar-refractivity contribution in [3.63, 3.8) is 0 Å². The van der Waals surface area contributed by atoms with Gasteiger partial charge < -0.3 is 0 Å². The van der Waals surface area contributed by atoms with Gasteiger partial charge in [0.2, 0.25) is 0 Å². The molecule has 2 aromatic rings. The predicted molar refractivity (Wildman–Crippen MR) is 56.1 cm³/mol. The Morgan fingerprint density at radius 2 is 1.79 bits per heavy atom. The van der Waals surface area contributed by atoms with Gasteiger partial charge in [-0.25, -0.2) is 4.89 Å². The van der Waals surface area contributed by atoms with E-state index < -0.39 is 0 Å². The Labute approximate surface area is 82.7 Å². The quantitative estimate of drug-likeness (QED) is 0.578. The fourth-order valence-corrected chi connectivity index (χ4v) is 1.52. The van der Waals surface area contributed by atoms with Crippen molar-refractivity contribution in [3.05, 3.63) is 48.0 Å². The summed E-state index contributed by atoms with van der Waals surface area (Å²) in [5, 5.41) is 10.9. The highest BCUT2D eigenvalue weighted by Crippen LogP contribution is 2.21. The van der Waals surface area contributed by atoms with Gasteiger partial charge in [0.15, 0.2) is 0 Å². The second-order valence-electron chi connectivity index (χ2n) is 3.35. The standard InChI is InChI=1S/C12H12O2/c1-9(14-13)11-7-6-10-4-2-3-5-12(10)8-11/h2-9,13H,1H3/t9-/m0/s1. The molecule has 0 aliphatic heterocycles. The lowest BCUT2D eigenvalue weighted by Gasteiger charge is -2.08. The molecule has 0 fully saturated rings. The summed E-state index contributed by atoms with van der Waals surface area (Å²) in [6.45, 7) is 1.81. The van der Waals surface area contributed by atoms with Crippen LogP contribution in [0.5, 0.6) is 0 Å². The molecule has 0 unspecified atom stereocenters. The zero-order valence-electron chi connectivity index (χ0n) is 7.97. The van der Waals surface area contributed by atoms with Gasteiger partial charge in [-0.3, -0.25) is 5.26 Å². The van der Waals surface area contributed by atoms with Gasteiger partial charge in [-0.15, -0.1) is 0 Å². The Balaban J connectivity index is 2.51. The predicted octanol–water partition coefficient (Wildman–Crippen LogP) is 3.39. The van der Waals surface area contributed by atoms with E-state index in [1.54, 1.807) is 0 Å². The van der Waals surface area contributed by atoms with Crippen molar-refractivity contribution in [2.45, 2.75) is 13.0 Å². The van der Waals surface area contributed by atoms with Crippen LogP contribution in [0.1, 0.15) is 18.6 Å². The molecule has 2 rings (SSSR count). The molecule has 14 heavy (non-hydrogen) atoms. The third kappa shape index (κ3) is 1.62. The molecule has 1 N–H and O–H groups in total. The molecule has 0 aliphatic rings. The summed E-state index contributed by atoms with van der Waals surface area (Å²) < 4.78 is 0. The van der Waals surface area contributed by atoms with E-state index in [0.29, 0.717) is 0 Å². The first-order valence-electron chi connectivity index (χ1n) is 4.60. The van der Waals surface area contributed by atoms with Crippen LogP contribution in [0.4, 0.5) is 0 Å². The largest absolute Gasteiger partial charge is 0.251 e. The molecule has 0 radical (unpaired) electrons. The van der Waals surface area contributed by atoms with Crippen LogP contribution in [0.25, 0.3) is 10.8 Å². The highest BCUT2D eigenvalue weighted by atomic mass is 17.1. The van der Waals surface area contributed by atoms with Gasteiger partial charge in [-0.2, -0.15) is 0 Å². The Kier molecular flexibility index (Phi) is 2.48. The smallest absolute Gasteiger partial charge is 0.115 e. The highest BCUT2D eigenvalue weighted by molar-refractivity contribution is 5.83. The summed E-state index contributed by atoms with van der Waals surface area (Å²) in [5.41, 5.74) is 0.978. The fourth-order valence-electron chi connectivity index (χ4n) is 1.52. The van der Waals surface area contributed by atoms with Crippen molar-refractivity contribution in [2.24, 2.45) is 0 Å². The zero-order valence-corrected chi connectivity index (χ0v) is 7.97. The van der Waals surface area contributed by atoms with E-state index in [-0.39, 0.29) is 6.10 Å². The Bertz CT molecular complexity index is 437. The van der Waals surface area contributed by atoms with E-state index in [0.717, 1.165) is 10.9 Å². The Hall–Kier alpha value is -1.38. The molecule has 0 amide bonds. The van der Waals surface area contributed by atoms with Crippen LogP contribution in [-0.2, 0) is 4.89 Å². The summed E-state index contributed by atoms with van der Waals surface area (Å²) in [5.74, 6) is 0. The van der Waals surface area contributed by atoms with Gasteiger partial charge in [0, 0.05) is 0 Å². The molecule has 0 heterocycles. The molecule has 72 valence electrons. The summed E-state index contributed by atoms with van der Waals surface area (Å²) >= 11 is 0. The van der Waals surface area contributed by atoms with Crippen LogP contribution in [0.3, 0.4) is 0 Å². The minimum atomic E-state index is -0.278. The van der Waals surface area contributed by atoms with E-state index in [1.165, 1.54) is 5.39 Å². The maximum atomic E-state index is 8.56. The molecule has 0 bridgehead atoms. The zero-order chi connectivity index (χ0) is 9.97. The van der Waals surface area contributed by atoms with Gasteiger partial charge >= 0.3 is 0 Å². The molecule has 1 atom stereocenters. The molecule has 2 heteroatoms. The lowest BCUT2D eigenvalue weighted by Crippen LogP contribution is -1.95. The first-order chi connectivity index (χ1) is 6.81. The van der Waals surface area contributed by atoms with Crippen molar-refractivity contribution >= 4 is 10.8 Å². The molecule has 0 saturated carbocycles. The highest BCUT2D eigenvalue weighted by Gasteiger charge is 2.04. The van der Waals surface area contributed by atoms with Crippen molar-refractivity contribution < 1.29 is 10.1 Å². The number of rotatable bonds is 2. The monoisotopic (exact) mass is 188 g/mol. The summed E-state index contributed by atoms with van der Waals surface area (Å²) in [7, 11) is 0. The third-order valence-electron chi connectivity index (χ3n) is 2.40. The number of hydrogen-bond acceptors (Lipinski definition) is 2. The second-order valence-corrected chi connectivity index (χ2v) is 3.35. The van der Waals surface area contributed by atoms with E-state index in [9.17, 15) is 0 Å². The van der Waals surface area contributed by atoms with Gasteiger partial charge in [0.1, 0.15) is 6.10 Å². The molecule has 0 aromatic heterocycles. The van der Waals surface area contributed by atoms with Crippen LogP contribution < -0.4 is 0 Å². The minimum Gasteiger partial charge on any atom is -0.251 e. The van der Waals surface area contributed by atoms with Crippen LogP contribution in [-0.4, -0.2) is 5.26 Å². The van der Waals surface area contributed by atoms with Crippen LogP contribution in [0.2, 0.25) is 0 Å². The van der Waals surface area contributed by atoms with Crippen molar-refractivity contribution in [3.8, 4) is 0 Å². The average molecular weight is 188 g/mol. The SMILES string of the molecule is C[C@H](OO)c1ccc2ccccc2c1. The summed E-state index contributed by atoms with van der Waals surface area (Å²) in [6, 6.07) is 14.1. The van der Waals surface area contributed by atoms with Gasteiger partial charge in [0.05, 0.1) is 0 Å². The maximum absolute atomic E-state index is 8.56. The van der Waals surface area contributed by atoms with Gasteiger partial charge in [-0.1, -0.05) is 36.4 Å². The molecule has 2 aromatic carbocycles. The summed E-state index contributed by atoms with van der Waals surface area (Å²) in [4.78, 5) is 4.29. The minimum absolute atomic E-state index is 0.278. The molecular formula is C12H12O2. The first-order valence-corrected chi connectivity index (χ1v) is 4.60. The summed E-state index contributed by atoms with van der Waals surface area (Å²) in [6.07, 6.45) is -0.278.